The Morgan fingerprint density at radius 3 is 2.83 bits per heavy atom. The third-order valence-electron chi connectivity index (χ3n) is 4.70. The Bertz CT molecular complexity index is 656. The Balaban J connectivity index is 1.41. The summed E-state index contributed by atoms with van der Waals surface area (Å²) in [6.45, 7) is 0.516. The van der Waals surface area contributed by atoms with Gasteiger partial charge in [-0.15, -0.1) is 11.3 Å². The molecule has 1 fully saturated rings. The molecule has 0 aliphatic heterocycles. The van der Waals surface area contributed by atoms with Gasteiger partial charge in [-0.3, -0.25) is 4.79 Å². The predicted molar refractivity (Wildman–Crippen MR) is 97.7 cm³/mol. The number of rotatable bonds is 7. The molecule has 1 heterocycles. The van der Waals surface area contributed by atoms with Crippen LogP contribution in [-0.4, -0.2) is 16.9 Å². The van der Waals surface area contributed by atoms with Crippen LogP contribution in [0.25, 0.3) is 0 Å². The van der Waals surface area contributed by atoms with Crippen molar-refractivity contribution in [3.8, 4) is 0 Å². The van der Waals surface area contributed by atoms with Gasteiger partial charge in [0.15, 0.2) is 0 Å². The summed E-state index contributed by atoms with van der Waals surface area (Å²) in [6.07, 6.45) is 5.77. The van der Waals surface area contributed by atoms with Crippen molar-refractivity contribution < 1.29 is 4.79 Å². The van der Waals surface area contributed by atoms with Crippen molar-refractivity contribution in [2.75, 3.05) is 0 Å². The first kappa shape index (κ1) is 17.1. The van der Waals surface area contributed by atoms with Crippen LogP contribution >= 0.6 is 11.3 Å². The van der Waals surface area contributed by atoms with Crippen molar-refractivity contribution in [1.82, 2.24) is 10.3 Å². The minimum Gasteiger partial charge on any atom is -0.350 e. The fourth-order valence-corrected chi connectivity index (χ4v) is 4.06. The lowest BCUT2D eigenvalue weighted by Crippen LogP contribution is -2.31. The summed E-state index contributed by atoms with van der Waals surface area (Å²) >= 11 is 1.67. The van der Waals surface area contributed by atoms with Crippen LogP contribution in [0.15, 0.2) is 35.7 Å². The molecule has 0 radical (unpaired) electrons. The summed E-state index contributed by atoms with van der Waals surface area (Å²) in [5, 5.41) is 6.15. The molecule has 1 aliphatic rings. The summed E-state index contributed by atoms with van der Waals surface area (Å²) in [5.74, 6) is 0.443. The van der Waals surface area contributed by atoms with E-state index in [0.29, 0.717) is 18.9 Å². The Labute approximate surface area is 147 Å². The lowest BCUT2D eigenvalue weighted by molar-refractivity contribution is -0.122. The van der Waals surface area contributed by atoms with Crippen LogP contribution in [0.5, 0.6) is 0 Å². The summed E-state index contributed by atoms with van der Waals surface area (Å²) in [6, 6.07) is 10.6. The summed E-state index contributed by atoms with van der Waals surface area (Å²) in [7, 11) is 0. The fraction of sp³-hybridized carbons (Fsp3) is 0.474. The molecule has 3 rings (SSSR count). The van der Waals surface area contributed by atoms with Gasteiger partial charge in [-0.05, 0) is 30.7 Å². The second-order valence-electron chi connectivity index (χ2n) is 6.55. The molecule has 0 unspecified atom stereocenters. The van der Waals surface area contributed by atoms with Crippen molar-refractivity contribution >= 4 is 17.2 Å². The number of nitrogens with zero attached hydrogens (tertiary/aromatic N) is 1. The molecule has 3 N–H and O–H groups in total. The number of carbonyl (C=O) groups excluding carboxylic acids is 1. The number of benzene rings is 1. The molecule has 0 saturated heterocycles. The number of nitrogens with two attached hydrogens (primary N) is 1. The van der Waals surface area contributed by atoms with E-state index in [2.05, 4.69) is 34.6 Å². The molecule has 5 heteroatoms. The Morgan fingerprint density at radius 1 is 1.25 bits per heavy atom. The molecule has 1 aliphatic carbocycles. The topological polar surface area (TPSA) is 68.0 Å². The van der Waals surface area contributed by atoms with Gasteiger partial charge in [-0.2, -0.15) is 0 Å². The minimum absolute atomic E-state index is 0.0937. The first-order valence-electron chi connectivity index (χ1n) is 8.70. The third kappa shape index (κ3) is 4.89. The highest BCUT2D eigenvalue weighted by atomic mass is 32.1. The molecule has 1 aromatic heterocycles. The van der Waals surface area contributed by atoms with Crippen molar-refractivity contribution in [2.24, 2.45) is 11.7 Å². The maximum atomic E-state index is 12.0. The van der Waals surface area contributed by atoms with Crippen LogP contribution in [0, 0.1) is 5.92 Å². The minimum atomic E-state index is 0.0937. The van der Waals surface area contributed by atoms with E-state index in [1.807, 2.05) is 11.4 Å². The normalized spacial score (nSPS) is 20.2. The van der Waals surface area contributed by atoms with Crippen LogP contribution in [0.4, 0.5) is 0 Å². The average Bonchev–Trinajstić information content (AvgIpc) is 3.21. The summed E-state index contributed by atoms with van der Waals surface area (Å²) < 4.78 is 0. The van der Waals surface area contributed by atoms with E-state index in [0.717, 1.165) is 42.8 Å². The van der Waals surface area contributed by atoms with Gasteiger partial charge < -0.3 is 11.1 Å². The van der Waals surface area contributed by atoms with E-state index in [4.69, 9.17) is 5.73 Å². The smallest absolute Gasteiger partial charge is 0.220 e. The molecule has 1 saturated carbocycles. The Morgan fingerprint density at radius 2 is 2.08 bits per heavy atom. The monoisotopic (exact) mass is 343 g/mol. The van der Waals surface area contributed by atoms with Gasteiger partial charge in [0.25, 0.3) is 0 Å². The highest BCUT2D eigenvalue weighted by Gasteiger charge is 2.25. The van der Waals surface area contributed by atoms with E-state index in [1.165, 1.54) is 5.56 Å². The molecule has 128 valence electrons. The van der Waals surface area contributed by atoms with Gasteiger partial charge in [-0.1, -0.05) is 36.8 Å². The second kappa shape index (κ2) is 8.40. The molecular formula is C19H25N3OS. The zero-order valence-electron chi connectivity index (χ0n) is 13.9. The maximum absolute atomic E-state index is 12.0. The first-order valence-corrected chi connectivity index (χ1v) is 9.58. The average molecular weight is 343 g/mol. The molecule has 2 atom stereocenters. The van der Waals surface area contributed by atoms with E-state index in [1.54, 1.807) is 11.3 Å². The standard InChI is InChI=1S/C19H25N3OS/c20-17-8-4-7-15(17)11-18(23)21-12-16-13-24-19(22-16)10-9-14-5-2-1-3-6-14/h1-3,5-6,13,15,17H,4,7-12,20H2,(H,21,23)/t15-,17+/m0/s1. The van der Waals surface area contributed by atoms with Crippen LogP contribution in [0.1, 0.15) is 41.9 Å². The van der Waals surface area contributed by atoms with Crippen molar-refractivity contribution in [2.45, 2.75) is 51.1 Å². The number of nitrogens with one attached hydrogen (secondary N) is 1. The predicted octanol–water partition coefficient (Wildman–Crippen LogP) is 3.06. The van der Waals surface area contributed by atoms with Crippen molar-refractivity contribution in [1.29, 1.82) is 0 Å². The molecule has 2 aromatic rings. The molecular weight excluding hydrogens is 318 g/mol. The summed E-state index contributed by atoms with van der Waals surface area (Å²) in [4.78, 5) is 16.7. The Hall–Kier alpha value is -1.72. The Kier molecular flexibility index (Phi) is 5.99. The second-order valence-corrected chi connectivity index (χ2v) is 7.50. The van der Waals surface area contributed by atoms with Crippen molar-refractivity contribution in [3.05, 3.63) is 52.0 Å². The summed E-state index contributed by atoms with van der Waals surface area (Å²) in [5.41, 5.74) is 8.31. The molecule has 0 spiro atoms. The number of aromatic nitrogens is 1. The van der Waals surface area contributed by atoms with Crippen molar-refractivity contribution in [3.63, 3.8) is 0 Å². The maximum Gasteiger partial charge on any atom is 0.220 e. The number of hydrogen-bond donors (Lipinski definition) is 2. The van der Waals surface area contributed by atoms with Crippen LogP contribution in [-0.2, 0) is 24.2 Å². The molecule has 1 amide bonds. The van der Waals surface area contributed by atoms with Gasteiger partial charge in [0.1, 0.15) is 0 Å². The van der Waals surface area contributed by atoms with Crippen LogP contribution < -0.4 is 11.1 Å². The van der Waals surface area contributed by atoms with Gasteiger partial charge >= 0.3 is 0 Å². The van der Waals surface area contributed by atoms with E-state index >= 15 is 0 Å². The van der Waals surface area contributed by atoms with Gasteiger partial charge in [0.05, 0.1) is 17.2 Å². The van der Waals surface area contributed by atoms with Crippen LogP contribution in [0.2, 0.25) is 0 Å². The number of amides is 1. The lowest BCUT2D eigenvalue weighted by Gasteiger charge is -2.14. The quantitative estimate of drug-likeness (QED) is 0.812. The highest BCUT2D eigenvalue weighted by molar-refractivity contribution is 7.09. The fourth-order valence-electron chi connectivity index (χ4n) is 3.26. The number of carbonyl (C=O) groups is 1. The zero-order chi connectivity index (χ0) is 16.8. The first-order chi connectivity index (χ1) is 11.7. The SMILES string of the molecule is N[C@@H]1CCC[C@H]1CC(=O)NCc1csc(CCc2ccccc2)n1. The van der Waals surface area contributed by atoms with E-state index in [9.17, 15) is 4.79 Å². The number of hydrogen-bond acceptors (Lipinski definition) is 4. The number of thiazole rings is 1. The number of aryl methyl sites for hydroxylation is 2. The highest BCUT2D eigenvalue weighted by Crippen LogP contribution is 2.26. The van der Waals surface area contributed by atoms with Gasteiger partial charge in [0, 0.05) is 24.3 Å². The largest absolute Gasteiger partial charge is 0.350 e. The molecule has 4 nitrogen and oxygen atoms in total. The van der Waals surface area contributed by atoms with E-state index < -0.39 is 0 Å². The van der Waals surface area contributed by atoms with Crippen LogP contribution in [0.3, 0.4) is 0 Å². The molecule has 24 heavy (non-hydrogen) atoms. The molecule has 1 aromatic carbocycles. The van der Waals surface area contributed by atoms with E-state index in [-0.39, 0.29) is 11.9 Å². The molecule has 0 bridgehead atoms. The lowest BCUT2D eigenvalue weighted by atomic mass is 10.00. The zero-order valence-corrected chi connectivity index (χ0v) is 14.7. The third-order valence-corrected chi connectivity index (χ3v) is 5.66. The van der Waals surface area contributed by atoms with Gasteiger partial charge in [-0.25, -0.2) is 4.98 Å². The van der Waals surface area contributed by atoms with Gasteiger partial charge in [0.2, 0.25) is 5.91 Å².